The zero-order valence-corrected chi connectivity index (χ0v) is 9.76. The Labute approximate surface area is 94.6 Å². The predicted molar refractivity (Wildman–Crippen MR) is 70.7 cm³/mol. The normalized spacial score (nSPS) is 10.4. The first-order valence-electron chi connectivity index (χ1n) is 5.20. The Morgan fingerprint density at radius 1 is 1.12 bits per heavy atom. The lowest BCUT2D eigenvalue weighted by atomic mass is 10.2. The highest BCUT2D eigenvalue weighted by atomic mass is 15.4. The monoisotopic (exact) mass is 219 g/mol. The van der Waals surface area contributed by atoms with Crippen LogP contribution in [0, 0.1) is 0 Å². The van der Waals surface area contributed by atoms with Gasteiger partial charge in [0, 0.05) is 32.2 Å². The van der Waals surface area contributed by atoms with Gasteiger partial charge in [0.15, 0.2) is 0 Å². The van der Waals surface area contributed by atoms with Crippen LogP contribution in [0.25, 0.3) is 10.9 Å². The summed E-state index contributed by atoms with van der Waals surface area (Å²) in [6.07, 6.45) is 0. The van der Waals surface area contributed by atoms with Gasteiger partial charge in [-0.05, 0) is 18.2 Å². The predicted octanol–water partition coefficient (Wildman–Crippen LogP) is 1.48. The number of nitrogen functional groups attached to an aromatic ring is 1. The topological polar surface area (TPSA) is 67.0 Å². The van der Waals surface area contributed by atoms with Crippen molar-refractivity contribution in [1.82, 2.24) is 4.68 Å². The van der Waals surface area contributed by atoms with Gasteiger partial charge >= 0.3 is 0 Å². The number of nitrogens with one attached hydrogen (secondary N) is 3. The minimum Gasteiger partial charge on any atom is -0.399 e. The minimum absolute atomic E-state index is 0.764. The summed E-state index contributed by atoms with van der Waals surface area (Å²) in [4.78, 5) is 0. The van der Waals surface area contributed by atoms with Crippen molar-refractivity contribution < 1.29 is 0 Å². The van der Waals surface area contributed by atoms with Crippen LogP contribution in [0.2, 0.25) is 0 Å². The largest absolute Gasteiger partial charge is 0.399 e. The number of anilines is 3. The SMILES string of the molecule is CNc1c(NC)n(NC)c2ccc(N)cc12. The molecule has 2 aromatic rings. The van der Waals surface area contributed by atoms with Gasteiger partial charge in [0.25, 0.3) is 0 Å². The van der Waals surface area contributed by atoms with Crippen molar-refractivity contribution in [3.8, 4) is 0 Å². The summed E-state index contributed by atoms with van der Waals surface area (Å²) in [5.41, 5.74) is 11.8. The number of benzene rings is 1. The molecule has 0 aliphatic rings. The van der Waals surface area contributed by atoms with Crippen LogP contribution in [0.15, 0.2) is 18.2 Å². The van der Waals surface area contributed by atoms with Crippen LogP contribution in [0.5, 0.6) is 0 Å². The molecular weight excluding hydrogens is 202 g/mol. The molecule has 5 N–H and O–H groups in total. The molecule has 1 heterocycles. The molecule has 0 atom stereocenters. The average molecular weight is 219 g/mol. The van der Waals surface area contributed by atoms with Gasteiger partial charge in [-0.2, -0.15) is 0 Å². The lowest BCUT2D eigenvalue weighted by molar-refractivity contribution is 0.979. The molecule has 0 unspecified atom stereocenters. The molecule has 0 aliphatic carbocycles. The highest BCUT2D eigenvalue weighted by Gasteiger charge is 2.14. The number of hydrogen-bond acceptors (Lipinski definition) is 4. The second kappa shape index (κ2) is 3.84. The first kappa shape index (κ1) is 10.5. The minimum atomic E-state index is 0.764. The molecule has 0 fully saturated rings. The van der Waals surface area contributed by atoms with Gasteiger partial charge in [0.2, 0.25) is 0 Å². The van der Waals surface area contributed by atoms with Gasteiger partial charge in [0.1, 0.15) is 5.82 Å². The molecule has 1 aromatic heterocycles. The number of nitrogens with two attached hydrogens (primary N) is 1. The third-order valence-electron chi connectivity index (χ3n) is 2.70. The fraction of sp³-hybridized carbons (Fsp3) is 0.273. The molecule has 5 nitrogen and oxygen atoms in total. The third-order valence-corrected chi connectivity index (χ3v) is 2.70. The zero-order valence-electron chi connectivity index (χ0n) is 9.76. The van der Waals surface area contributed by atoms with E-state index in [4.69, 9.17) is 5.73 Å². The second-order valence-corrected chi connectivity index (χ2v) is 3.56. The molecule has 0 bridgehead atoms. The number of nitrogens with zero attached hydrogens (tertiary/aromatic N) is 1. The summed E-state index contributed by atoms with van der Waals surface area (Å²) in [7, 11) is 5.68. The lowest BCUT2D eigenvalue weighted by Crippen LogP contribution is -2.12. The van der Waals surface area contributed by atoms with Crippen molar-refractivity contribution in [3.63, 3.8) is 0 Å². The summed E-state index contributed by atoms with van der Waals surface area (Å²) in [6, 6.07) is 5.87. The second-order valence-electron chi connectivity index (χ2n) is 3.56. The summed E-state index contributed by atoms with van der Waals surface area (Å²) < 4.78 is 1.99. The Morgan fingerprint density at radius 3 is 2.44 bits per heavy atom. The Hall–Kier alpha value is -2.04. The van der Waals surface area contributed by atoms with Crippen LogP contribution in [0.3, 0.4) is 0 Å². The van der Waals surface area contributed by atoms with Gasteiger partial charge in [0.05, 0.1) is 11.2 Å². The first-order chi connectivity index (χ1) is 7.72. The van der Waals surface area contributed by atoms with Crippen molar-refractivity contribution in [2.45, 2.75) is 0 Å². The van der Waals surface area contributed by atoms with Gasteiger partial charge in [-0.25, -0.2) is 4.68 Å². The number of rotatable bonds is 3. The third kappa shape index (κ3) is 1.32. The number of hydrogen-bond donors (Lipinski definition) is 4. The molecule has 0 saturated carbocycles. The maximum Gasteiger partial charge on any atom is 0.149 e. The Bertz CT molecular complexity index is 515. The number of fused-ring (bicyclic) bond motifs is 1. The van der Waals surface area contributed by atoms with Gasteiger partial charge in [-0.1, -0.05) is 0 Å². The molecule has 1 aromatic carbocycles. The van der Waals surface area contributed by atoms with E-state index in [2.05, 4.69) is 16.1 Å². The van der Waals surface area contributed by atoms with E-state index in [1.165, 1.54) is 0 Å². The molecule has 0 amide bonds. The highest BCUT2D eigenvalue weighted by molar-refractivity contribution is 6.02. The number of aromatic nitrogens is 1. The molecule has 0 aliphatic heterocycles. The van der Waals surface area contributed by atoms with Crippen LogP contribution >= 0.6 is 0 Å². The van der Waals surface area contributed by atoms with Crippen molar-refractivity contribution in [3.05, 3.63) is 18.2 Å². The maximum atomic E-state index is 5.81. The summed E-state index contributed by atoms with van der Waals surface area (Å²) >= 11 is 0. The zero-order chi connectivity index (χ0) is 11.7. The Balaban J connectivity index is 2.84. The lowest BCUT2D eigenvalue weighted by Gasteiger charge is -2.09. The Morgan fingerprint density at radius 2 is 1.88 bits per heavy atom. The summed E-state index contributed by atoms with van der Waals surface area (Å²) in [5.74, 6) is 0.991. The van der Waals surface area contributed by atoms with E-state index >= 15 is 0 Å². The Kier molecular flexibility index (Phi) is 2.52. The van der Waals surface area contributed by atoms with E-state index in [0.29, 0.717) is 0 Å². The van der Waals surface area contributed by atoms with E-state index < -0.39 is 0 Å². The fourth-order valence-electron chi connectivity index (χ4n) is 2.03. The average Bonchev–Trinajstić information content (AvgIpc) is 2.60. The molecule has 0 radical (unpaired) electrons. The fourth-order valence-corrected chi connectivity index (χ4v) is 2.03. The molecule has 5 heteroatoms. The summed E-state index contributed by atoms with van der Waals surface area (Å²) in [5, 5.41) is 7.46. The van der Waals surface area contributed by atoms with E-state index in [1.807, 2.05) is 44.0 Å². The molecule has 2 rings (SSSR count). The standard InChI is InChI=1S/C11H17N5/c1-13-10-8-6-7(12)4-5-9(8)16(15-3)11(10)14-2/h4-6,13-15H,12H2,1-3H3. The molecule has 0 spiro atoms. The molecule has 0 saturated heterocycles. The maximum absolute atomic E-state index is 5.81. The van der Waals surface area contributed by atoms with E-state index in [9.17, 15) is 0 Å². The molecular formula is C11H17N5. The van der Waals surface area contributed by atoms with Gasteiger partial charge < -0.3 is 21.8 Å². The van der Waals surface area contributed by atoms with Crippen LogP contribution in [-0.2, 0) is 0 Å². The summed E-state index contributed by atoms with van der Waals surface area (Å²) in [6.45, 7) is 0. The smallest absolute Gasteiger partial charge is 0.149 e. The van der Waals surface area contributed by atoms with Crippen molar-refractivity contribution in [1.29, 1.82) is 0 Å². The van der Waals surface area contributed by atoms with E-state index in [0.717, 1.165) is 28.1 Å². The van der Waals surface area contributed by atoms with Crippen molar-refractivity contribution in [2.24, 2.45) is 0 Å². The van der Waals surface area contributed by atoms with Crippen LogP contribution in [0.4, 0.5) is 17.2 Å². The van der Waals surface area contributed by atoms with Crippen LogP contribution < -0.4 is 21.8 Å². The van der Waals surface area contributed by atoms with E-state index in [1.54, 1.807) is 0 Å². The molecule has 86 valence electrons. The quantitative estimate of drug-likeness (QED) is 0.590. The molecule has 16 heavy (non-hydrogen) atoms. The van der Waals surface area contributed by atoms with Crippen LogP contribution in [0.1, 0.15) is 0 Å². The highest BCUT2D eigenvalue weighted by Crippen LogP contribution is 2.34. The van der Waals surface area contributed by atoms with E-state index in [-0.39, 0.29) is 0 Å². The van der Waals surface area contributed by atoms with Gasteiger partial charge in [-0.15, -0.1) is 0 Å². The van der Waals surface area contributed by atoms with Crippen LogP contribution in [-0.4, -0.2) is 25.8 Å². The first-order valence-corrected chi connectivity index (χ1v) is 5.20. The van der Waals surface area contributed by atoms with Crippen molar-refractivity contribution in [2.75, 3.05) is 42.9 Å². The van der Waals surface area contributed by atoms with Gasteiger partial charge in [-0.3, -0.25) is 0 Å². The van der Waals surface area contributed by atoms with Crippen molar-refractivity contribution >= 4 is 28.1 Å².